The number of hydrogen-bond donors (Lipinski definition) is 4. The summed E-state index contributed by atoms with van der Waals surface area (Å²) in [6, 6.07) is 50.2. The van der Waals surface area contributed by atoms with Crippen LogP contribution in [0.4, 0.5) is 0 Å². The first kappa shape index (κ1) is 75.7. The fraction of sp³-hybridized carbons (Fsp3) is 0.422. The Bertz CT molecular complexity index is 4320. The van der Waals surface area contributed by atoms with E-state index in [0.717, 1.165) is 108 Å². The predicted octanol–water partition coefficient (Wildman–Crippen LogP) is 12.3. The minimum Gasteiger partial charge on any atom is -0.619 e. The number of methoxy groups -OCH3 is 1. The lowest BCUT2D eigenvalue weighted by Crippen LogP contribution is -2.54. The molecule has 3 fully saturated rings. The van der Waals surface area contributed by atoms with Gasteiger partial charge in [-0.2, -0.15) is 9.99 Å². The zero-order chi connectivity index (χ0) is 74.3. The smallest absolute Gasteiger partial charge is 0.261 e. The number of benzene rings is 5. The number of rotatable bonds is 22. The van der Waals surface area contributed by atoms with Gasteiger partial charge in [0.05, 0.1) is 30.2 Å². The van der Waals surface area contributed by atoms with Crippen LogP contribution in [0.2, 0.25) is 0 Å². The van der Waals surface area contributed by atoms with Crippen LogP contribution >= 0.6 is 11.3 Å². The summed E-state index contributed by atoms with van der Waals surface area (Å²) in [6.07, 6.45) is 19.9. The second-order valence-corrected chi connectivity index (χ2v) is 29.9. The number of thiophene rings is 1. The van der Waals surface area contributed by atoms with Crippen LogP contribution in [-0.4, -0.2) is 126 Å². The number of carbonyl (C=O) groups excluding carboxylic acids is 5. The number of guanidine groups is 3. The van der Waals surface area contributed by atoms with E-state index in [1.165, 1.54) is 66.4 Å². The van der Waals surface area contributed by atoms with E-state index in [2.05, 4.69) is 30.4 Å². The number of aromatic nitrogens is 1. The van der Waals surface area contributed by atoms with Crippen LogP contribution in [0.3, 0.4) is 0 Å². The standard InChI is InChI=1S/C34H40N4O4.C25H37N5O3.C24H22N4OS/c1-3-4-18-34(28-12-8-10-26(21-28)27-11-9-15-30(22-27)41-2)32(40)38(33(35)36-34)23-25-16-19-37(20-17-25)31(39)24-42-29-13-6-5-7-14-29;1-29-23(32)25(28-24(29)26,13-10-18-6-3-2-4-7-18)17-19-8-5-9-21(16-19)27-22(31)20-11-14-30(33)15-12-20;1-24(21-13-19(15-30-21)18-10-6-9-17(11-18)14-25)20(12-16-7-4-3-5-8-16)22(29)28(2)23(26)27-24/h5-15,21-22,25H,3-4,16-20,23-24H2,1-2H3,(H2,35,36);11-12,14-15,18-19,21H,2-10,13,16-17H2,1H3,(H2,26,28)(H,27,31);3-11,13,15,20H,12H2,1-2H3,(H2,26,27)/t;19-,21+,25+;20-,24-/m.00/s1. The SMILES string of the molecule is CCCCC1(c2cccc(-c3cccc(OC)c3)c2)N=C(N)N(CC2CCN(C(=O)COc3ccccc3)CC2)C1=O.CN1C(=O)[C@@](CCC2CCCCC2)(C[C@H]2CCC[C@@H](NC(=O)c3cc[n+]([O-])cc3)C2)N=C1N.CN1C(=O)[C@H](Cc2ccccc2)[C@@](C)(c2cc(-c3cccc(C#N)c3)cs2)N=C1N. The minimum absolute atomic E-state index is 0.0215. The molecule has 2 saturated carbocycles. The van der Waals surface area contributed by atoms with Gasteiger partial charge in [0.2, 0.25) is 5.91 Å². The number of aliphatic imine (C=N–C) groups is 3. The average Bonchev–Trinajstić information content (AvgIpc) is 1.73. The molecule has 13 rings (SSSR count). The maximum Gasteiger partial charge on any atom is 0.261 e. The van der Waals surface area contributed by atoms with Gasteiger partial charge in [-0.25, -0.2) is 15.0 Å². The number of ether oxygens (including phenoxy) is 2. The number of carbonyl (C=O) groups is 5. The third kappa shape index (κ3) is 18.0. The van der Waals surface area contributed by atoms with E-state index in [0.29, 0.717) is 78.3 Å². The fourth-order valence-corrected chi connectivity index (χ4v) is 16.8. The molecule has 2 aliphatic carbocycles. The molecule has 21 nitrogen and oxygen atoms in total. The van der Waals surface area contributed by atoms with Gasteiger partial charge in [-0.15, -0.1) is 11.3 Å². The Hall–Kier alpha value is -10.4. The molecule has 4 aliphatic heterocycles. The lowest BCUT2D eigenvalue weighted by molar-refractivity contribution is -0.605. The second kappa shape index (κ2) is 34.5. The molecule has 1 saturated heterocycles. The van der Waals surface area contributed by atoms with Crippen molar-refractivity contribution in [3.8, 4) is 39.8 Å². The van der Waals surface area contributed by atoms with Crippen molar-refractivity contribution < 1.29 is 38.2 Å². The first-order valence-corrected chi connectivity index (χ1v) is 37.9. The third-order valence-electron chi connectivity index (χ3n) is 21.9. The summed E-state index contributed by atoms with van der Waals surface area (Å²) in [6.45, 7) is 5.88. The predicted molar refractivity (Wildman–Crippen MR) is 410 cm³/mol. The third-order valence-corrected chi connectivity index (χ3v) is 23.1. The van der Waals surface area contributed by atoms with E-state index in [1.54, 1.807) is 43.5 Å². The molecular weight excluding hydrogens is 1340 g/mol. The highest BCUT2D eigenvalue weighted by atomic mass is 32.1. The summed E-state index contributed by atoms with van der Waals surface area (Å²) >= 11 is 1.57. The number of amides is 5. The Balaban J connectivity index is 0.000000160. The molecular formula is C83H99N13O8S. The molecule has 105 heavy (non-hydrogen) atoms. The fourth-order valence-electron chi connectivity index (χ4n) is 15.7. The highest BCUT2D eigenvalue weighted by Gasteiger charge is 2.51. The summed E-state index contributed by atoms with van der Waals surface area (Å²) in [7, 11) is 5.05. The first-order valence-electron chi connectivity index (χ1n) is 37.0. The maximum absolute atomic E-state index is 14.2. The van der Waals surface area contributed by atoms with Crippen molar-refractivity contribution in [2.24, 2.45) is 55.8 Å². The van der Waals surface area contributed by atoms with Crippen molar-refractivity contribution in [1.29, 1.82) is 5.26 Å². The summed E-state index contributed by atoms with van der Waals surface area (Å²) in [5.41, 5.74) is 23.2. The van der Waals surface area contributed by atoms with Crippen LogP contribution < -0.4 is 36.7 Å². The zero-order valence-electron chi connectivity index (χ0n) is 61.0. The molecule has 7 aromatic rings. The molecule has 22 heteroatoms. The van der Waals surface area contributed by atoms with Crippen molar-refractivity contribution >= 4 is 58.8 Å². The van der Waals surface area contributed by atoms with E-state index in [-0.39, 0.29) is 65.9 Å². The van der Waals surface area contributed by atoms with Crippen LogP contribution in [0.5, 0.6) is 11.5 Å². The molecule has 0 spiro atoms. The highest BCUT2D eigenvalue weighted by molar-refractivity contribution is 7.10. The average molecular weight is 1440 g/mol. The zero-order valence-corrected chi connectivity index (χ0v) is 61.9. The lowest BCUT2D eigenvalue weighted by Gasteiger charge is -2.40. The quantitative estimate of drug-likeness (QED) is 0.0364. The van der Waals surface area contributed by atoms with Gasteiger partial charge in [0.25, 0.3) is 23.6 Å². The molecule has 550 valence electrons. The van der Waals surface area contributed by atoms with Crippen molar-refractivity contribution in [2.75, 3.05) is 47.4 Å². The number of likely N-dealkylation sites (tertiary alicyclic amines) is 1. The molecule has 5 amide bonds. The number of para-hydroxylation sites is 1. The molecule has 7 N–H and O–H groups in total. The number of hydrogen-bond acceptors (Lipinski definition) is 16. The number of piperidine rings is 1. The number of nitrogens with one attached hydrogen (secondary N) is 1. The molecule has 6 aliphatic rings. The summed E-state index contributed by atoms with van der Waals surface area (Å²) in [5, 5.41) is 25.6. The molecule has 0 radical (unpaired) electrons. The van der Waals surface area contributed by atoms with Gasteiger partial charge in [-0.1, -0.05) is 156 Å². The van der Waals surface area contributed by atoms with Crippen LogP contribution in [0.1, 0.15) is 155 Å². The second-order valence-electron chi connectivity index (χ2n) is 29.0. The van der Waals surface area contributed by atoms with Gasteiger partial charge in [-0.05, 0) is 170 Å². The van der Waals surface area contributed by atoms with Gasteiger partial charge in [0, 0.05) is 56.8 Å². The molecule has 6 atom stereocenters. The van der Waals surface area contributed by atoms with Gasteiger partial charge >= 0.3 is 0 Å². The molecule has 0 bridgehead atoms. The molecule has 6 heterocycles. The first-order chi connectivity index (χ1) is 50.7. The van der Waals surface area contributed by atoms with Crippen LogP contribution in [0.25, 0.3) is 22.3 Å². The van der Waals surface area contributed by atoms with Crippen molar-refractivity contribution in [1.82, 2.24) is 24.9 Å². The number of unbranched alkanes of at least 4 members (excludes halogenated alkanes) is 1. The van der Waals surface area contributed by atoms with Crippen molar-refractivity contribution in [3.63, 3.8) is 0 Å². The molecule has 2 aromatic heterocycles. The Kier molecular flexibility index (Phi) is 24.9. The summed E-state index contributed by atoms with van der Waals surface area (Å²) in [5.74, 6) is 2.89. The van der Waals surface area contributed by atoms with Gasteiger partial charge in [0.1, 0.15) is 22.6 Å². The van der Waals surface area contributed by atoms with Gasteiger partial charge in [0.15, 0.2) is 42.4 Å². The number of nitrogens with zero attached hydrogens (tertiary/aromatic N) is 9. The van der Waals surface area contributed by atoms with Gasteiger partial charge in [-0.3, -0.25) is 38.7 Å². The number of pyridine rings is 1. The molecule has 1 unspecified atom stereocenters. The minimum atomic E-state index is -1.04. The van der Waals surface area contributed by atoms with Crippen molar-refractivity contribution in [2.45, 2.75) is 152 Å². The Morgan fingerprint density at radius 1 is 0.695 bits per heavy atom. The topological polar surface area (TPSA) is 295 Å². The lowest BCUT2D eigenvalue weighted by atomic mass is 9.74. The van der Waals surface area contributed by atoms with Gasteiger partial charge < -0.3 is 42.1 Å². The monoisotopic (exact) mass is 1440 g/mol. The highest BCUT2D eigenvalue weighted by Crippen LogP contribution is 2.46. The van der Waals surface area contributed by atoms with E-state index < -0.39 is 16.6 Å². The number of nitrogens with two attached hydrogens (primary N) is 3. The maximum atomic E-state index is 14.2. The Labute approximate surface area is 620 Å². The van der Waals surface area contributed by atoms with Crippen LogP contribution in [0, 0.1) is 40.2 Å². The number of likely N-dealkylation sites (N-methyl/N-ethyl adjacent to an activating group) is 1. The number of nitriles is 1. The summed E-state index contributed by atoms with van der Waals surface area (Å²) in [4.78, 5) is 87.9. The Morgan fingerprint density at radius 2 is 1.35 bits per heavy atom. The van der Waals surface area contributed by atoms with E-state index in [1.807, 2.05) is 139 Å². The largest absolute Gasteiger partial charge is 0.619 e. The molecule has 5 aromatic carbocycles. The normalized spacial score (nSPS) is 22.7. The van der Waals surface area contributed by atoms with E-state index >= 15 is 0 Å². The van der Waals surface area contributed by atoms with Crippen molar-refractivity contribution in [3.05, 3.63) is 202 Å². The van der Waals surface area contributed by atoms with E-state index in [9.17, 15) is 34.4 Å². The van der Waals surface area contributed by atoms with Crippen LogP contribution in [-0.2, 0) is 36.7 Å². The summed E-state index contributed by atoms with van der Waals surface area (Å²) < 4.78 is 11.7. The van der Waals surface area contributed by atoms with E-state index in [4.69, 9.17) is 41.7 Å². The Morgan fingerprint density at radius 3 is 2.04 bits per heavy atom. The van der Waals surface area contributed by atoms with Crippen LogP contribution in [0.15, 0.2) is 184 Å².